The molecule has 3 aromatic rings. The van der Waals surface area contributed by atoms with Crippen molar-refractivity contribution in [1.29, 1.82) is 0 Å². The number of thiazole rings is 1. The highest BCUT2D eigenvalue weighted by atomic mass is 32.2. The first kappa shape index (κ1) is 26.8. The van der Waals surface area contributed by atoms with E-state index >= 15 is 0 Å². The number of anilines is 1. The van der Waals surface area contributed by atoms with Crippen molar-refractivity contribution in [3.8, 4) is 9.88 Å². The minimum Gasteiger partial charge on any atom is -0.468 e. The first-order chi connectivity index (χ1) is 16.6. The standard InChI is InChI=1S/C23H27N3O6S3/c1-14(2)11-17(23(28)32-3)21(27)24-18(19-13-34-22(25-19)20-5-4-10-33-20)12-15-6-8-16(9-7-15)26-35(29,30)31/h4-10,13-14,17-18,26H,11-12H2,1-3H3,(H,24,27)(H,29,30,31)/t17-,18?/m0/s1. The highest BCUT2D eigenvalue weighted by Crippen LogP contribution is 2.31. The van der Waals surface area contributed by atoms with Gasteiger partial charge in [-0.3, -0.25) is 18.9 Å². The molecule has 0 aliphatic carbocycles. The zero-order valence-electron chi connectivity index (χ0n) is 19.4. The second kappa shape index (κ2) is 11.8. The van der Waals surface area contributed by atoms with Gasteiger partial charge in [0.2, 0.25) is 5.91 Å². The summed E-state index contributed by atoms with van der Waals surface area (Å²) in [4.78, 5) is 31.2. The smallest absolute Gasteiger partial charge is 0.357 e. The predicted molar refractivity (Wildman–Crippen MR) is 137 cm³/mol. The van der Waals surface area contributed by atoms with Gasteiger partial charge in [-0.05, 0) is 47.9 Å². The molecule has 9 nitrogen and oxygen atoms in total. The predicted octanol–water partition coefficient (Wildman–Crippen LogP) is 4.32. The summed E-state index contributed by atoms with van der Waals surface area (Å²) in [6.07, 6.45) is 0.694. The lowest BCUT2D eigenvalue weighted by Gasteiger charge is -2.22. The Balaban J connectivity index is 1.87. The van der Waals surface area contributed by atoms with Crippen molar-refractivity contribution in [2.24, 2.45) is 11.8 Å². The van der Waals surface area contributed by atoms with E-state index in [0.717, 1.165) is 15.4 Å². The normalized spacial score (nSPS) is 13.3. The third-order valence-electron chi connectivity index (χ3n) is 5.08. The number of nitrogens with zero attached hydrogens (tertiary/aromatic N) is 1. The fourth-order valence-electron chi connectivity index (χ4n) is 3.48. The molecule has 0 spiro atoms. The molecule has 12 heteroatoms. The molecular formula is C23H27N3O6S3. The van der Waals surface area contributed by atoms with Gasteiger partial charge in [0, 0.05) is 5.38 Å². The molecule has 0 aliphatic heterocycles. The summed E-state index contributed by atoms with van der Waals surface area (Å²) in [6, 6.07) is 9.77. The Bertz CT molecular complexity index is 1240. The van der Waals surface area contributed by atoms with Gasteiger partial charge in [0.05, 0.1) is 29.4 Å². The van der Waals surface area contributed by atoms with E-state index in [-0.39, 0.29) is 11.6 Å². The Morgan fingerprint density at radius 1 is 1.14 bits per heavy atom. The number of carbonyl (C=O) groups is 2. The number of carbonyl (C=O) groups excluding carboxylic acids is 2. The van der Waals surface area contributed by atoms with Crippen LogP contribution in [0.3, 0.4) is 0 Å². The molecule has 1 unspecified atom stereocenters. The van der Waals surface area contributed by atoms with Gasteiger partial charge in [0.25, 0.3) is 0 Å². The fourth-order valence-corrected chi connectivity index (χ4v) is 5.60. The second-order valence-electron chi connectivity index (χ2n) is 8.30. The molecule has 3 N–H and O–H groups in total. The van der Waals surface area contributed by atoms with E-state index < -0.39 is 34.1 Å². The van der Waals surface area contributed by atoms with Gasteiger partial charge in [-0.15, -0.1) is 22.7 Å². The molecule has 0 fully saturated rings. The minimum absolute atomic E-state index is 0.107. The topological polar surface area (TPSA) is 135 Å². The number of rotatable bonds is 11. The van der Waals surface area contributed by atoms with Crippen molar-refractivity contribution < 1.29 is 27.3 Å². The number of hydrogen-bond donors (Lipinski definition) is 3. The Hall–Kier alpha value is -2.80. The zero-order chi connectivity index (χ0) is 25.6. The summed E-state index contributed by atoms with van der Waals surface area (Å²) in [7, 11) is -3.12. The van der Waals surface area contributed by atoms with Crippen LogP contribution in [0.5, 0.6) is 0 Å². The van der Waals surface area contributed by atoms with Gasteiger partial charge in [-0.1, -0.05) is 32.0 Å². The molecule has 0 bridgehead atoms. The Morgan fingerprint density at radius 3 is 2.43 bits per heavy atom. The van der Waals surface area contributed by atoms with Crippen LogP contribution >= 0.6 is 22.7 Å². The van der Waals surface area contributed by atoms with Gasteiger partial charge in [0.1, 0.15) is 10.9 Å². The SMILES string of the molecule is COC(=O)[C@@H](CC(C)C)C(=O)NC(Cc1ccc(NS(=O)(=O)O)cc1)c1csc(-c2cccs2)n1. The van der Waals surface area contributed by atoms with Crippen molar-refractivity contribution in [3.63, 3.8) is 0 Å². The van der Waals surface area contributed by atoms with Crippen molar-refractivity contribution in [2.75, 3.05) is 11.8 Å². The number of amides is 1. The number of nitrogens with one attached hydrogen (secondary N) is 2. The van der Waals surface area contributed by atoms with E-state index in [0.29, 0.717) is 18.5 Å². The number of esters is 1. The fraction of sp³-hybridized carbons (Fsp3) is 0.348. The summed E-state index contributed by atoms with van der Waals surface area (Å²) < 4.78 is 37.9. The summed E-state index contributed by atoms with van der Waals surface area (Å²) in [5, 5.41) is 7.64. The Kier molecular flexibility index (Phi) is 9.00. The summed E-state index contributed by atoms with van der Waals surface area (Å²) in [6.45, 7) is 3.85. The highest BCUT2D eigenvalue weighted by Gasteiger charge is 2.31. The quantitative estimate of drug-likeness (QED) is 0.188. The molecule has 35 heavy (non-hydrogen) atoms. The summed E-state index contributed by atoms with van der Waals surface area (Å²) >= 11 is 3.03. The lowest BCUT2D eigenvalue weighted by Crippen LogP contribution is -2.39. The molecule has 0 saturated carbocycles. The van der Waals surface area contributed by atoms with Crippen LogP contribution in [0.4, 0.5) is 5.69 Å². The average Bonchev–Trinajstić information content (AvgIpc) is 3.48. The van der Waals surface area contributed by atoms with Crippen LogP contribution in [-0.2, 0) is 31.1 Å². The molecule has 188 valence electrons. The van der Waals surface area contributed by atoms with Crippen LogP contribution in [0.25, 0.3) is 9.88 Å². The van der Waals surface area contributed by atoms with E-state index in [1.165, 1.54) is 30.6 Å². The molecule has 0 radical (unpaired) electrons. The number of thiophene rings is 1. The van der Waals surface area contributed by atoms with Gasteiger partial charge in [-0.2, -0.15) is 8.42 Å². The number of ether oxygens (including phenoxy) is 1. The zero-order valence-corrected chi connectivity index (χ0v) is 21.9. The minimum atomic E-state index is -4.38. The molecule has 2 heterocycles. The van der Waals surface area contributed by atoms with Crippen molar-refractivity contribution in [3.05, 3.63) is 58.4 Å². The van der Waals surface area contributed by atoms with Gasteiger partial charge < -0.3 is 10.1 Å². The van der Waals surface area contributed by atoms with E-state index in [1.807, 2.05) is 41.5 Å². The Morgan fingerprint density at radius 2 is 1.86 bits per heavy atom. The van der Waals surface area contributed by atoms with Crippen LogP contribution < -0.4 is 10.0 Å². The summed E-state index contributed by atoms with van der Waals surface area (Å²) in [5.74, 6) is -1.87. The number of hydrogen-bond acceptors (Lipinski definition) is 8. The van der Waals surface area contributed by atoms with E-state index in [1.54, 1.807) is 23.5 Å². The summed E-state index contributed by atoms with van der Waals surface area (Å²) in [5.41, 5.74) is 1.65. The van der Waals surface area contributed by atoms with Gasteiger partial charge >= 0.3 is 16.3 Å². The maximum Gasteiger partial charge on any atom is 0.357 e. The third-order valence-corrected chi connectivity index (χ3v) is 7.47. The van der Waals surface area contributed by atoms with Gasteiger partial charge in [0.15, 0.2) is 0 Å². The monoisotopic (exact) mass is 537 g/mol. The average molecular weight is 538 g/mol. The number of benzene rings is 1. The lowest BCUT2D eigenvalue weighted by atomic mass is 9.95. The number of methoxy groups -OCH3 is 1. The van der Waals surface area contributed by atoms with Gasteiger partial charge in [-0.25, -0.2) is 4.98 Å². The molecule has 1 aromatic carbocycles. The van der Waals surface area contributed by atoms with Crippen molar-refractivity contribution in [1.82, 2.24) is 10.3 Å². The highest BCUT2D eigenvalue weighted by molar-refractivity contribution is 7.87. The Labute approximate surface area is 212 Å². The van der Waals surface area contributed by atoms with Crippen LogP contribution in [0.1, 0.15) is 37.6 Å². The van der Waals surface area contributed by atoms with Crippen LogP contribution in [-0.4, -0.2) is 36.9 Å². The number of aromatic nitrogens is 1. The molecule has 2 aromatic heterocycles. The third kappa shape index (κ3) is 7.85. The first-order valence-electron chi connectivity index (χ1n) is 10.8. The largest absolute Gasteiger partial charge is 0.468 e. The molecular weight excluding hydrogens is 510 g/mol. The lowest BCUT2D eigenvalue weighted by molar-refractivity contribution is -0.151. The molecule has 0 aliphatic rings. The van der Waals surface area contributed by atoms with E-state index in [2.05, 4.69) is 5.32 Å². The van der Waals surface area contributed by atoms with Crippen LogP contribution in [0.2, 0.25) is 0 Å². The maximum atomic E-state index is 13.2. The maximum absolute atomic E-state index is 13.2. The molecule has 0 saturated heterocycles. The van der Waals surface area contributed by atoms with Crippen molar-refractivity contribution in [2.45, 2.75) is 32.7 Å². The molecule has 2 atom stereocenters. The van der Waals surface area contributed by atoms with Crippen LogP contribution in [0.15, 0.2) is 47.2 Å². The van der Waals surface area contributed by atoms with Crippen molar-refractivity contribution >= 4 is 50.5 Å². The van der Waals surface area contributed by atoms with E-state index in [4.69, 9.17) is 14.3 Å². The van der Waals surface area contributed by atoms with Crippen LogP contribution in [0, 0.1) is 11.8 Å². The molecule has 3 rings (SSSR count). The second-order valence-corrected chi connectivity index (χ2v) is 11.3. The molecule has 1 amide bonds. The van der Waals surface area contributed by atoms with E-state index in [9.17, 15) is 18.0 Å². The first-order valence-corrected chi connectivity index (χ1v) is 14.0.